The van der Waals surface area contributed by atoms with E-state index in [0.717, 1.165) is 11.1 Å². The molecule has 0 heterocycles. The molecule has 2 rings (SSSR count). The summed E-state index contributed by atoms with van der Waals surface area (Å²) < 4.78 is 26.2. The van der Waals surface area contributed by atoms with Gasteiger partial charge in [0, 0.05) is 0 Å². The SMILES string of the molecule is Cc1ccc(/C=C/c2cccc(F)c2)cc1F. The van der Waals surface area contributed by atoms with Crippen LogP contribution in [-0.4, -0.2) is 0 Å². The van der Waals surface area contributed by atoms with Crippen LogP contribution < -0.4 is 0 Å². The Morgan fingerprint density at radius 1 is 0.882 bits per heavy atom. The Hall–Kier alpha value is -1.96. The van der Waals surface area contributed by atoms with E-state index in [9.17, 15) is 8.78 Å². The molecular weight excluding hydrogens is 218 g/mol. The highest BCUT2D eigenvalue weighted by Crippen LogP contribution is 2.13. The number of benzene rings is 2. The van der Waals surface area contributed by atoms with Crippen LogP contribution in [0.2, 0.25) is 0 Å². The zero-order chi connectivity index (χ0) is 12.3. The van der Waals surface area contributed by atoms with Crippen molar-refractivity contribution in [3.8, 4) is 0 Å². The van der Waals surface area contributed by atoms with E-state index in [-0.39, 0.29) is 11.6 Å². The van der Waals surface area contributed by atoms with Gasteiger partial charge >= 0.3 is 0 Å². The number of aryl methyl sites for hydroxylation is 1. The first-order valence-electron chi connectivity index (χ1n) is 5.35. The fourth-order valence-electron chi connectivity index (χ4n) is 1.52. The second kappa shape index (κ2) is 4.91. The highest BCUT2D eigenvalue weighted by Gasteiger charge is 1.96. The van der Waals surface area contributed by atoms with Crippen LogP contribution in [0.4, 0.5) is 8.78 Å². The van der Waals surface area contributed by atoms with Gasteiger partial charge in [-0.1, -0.05) is 36.4 Å². The highest BCUT2D eigenvalue weighted by molar-refractivity contribution is 5.69. The molecule has 17 heavy (non-hydrogen) atoms. The number of rotatable bonds is 2. The van der Waals surface area contributed by atoms with Gasteiger partial charge in [-0.3, -0.25) is 0 Å². The predicted octanol–water partition coefficient (Wildman–Crippen LogP) is 4.44. The molecule has 0 aromatic heterocycles. The van der Waals surface area contributed by atoms with E-state index in [0.29, 0.717) is 5.56 Å². The van der Waals surface area contributed by atoms with Crippen molar-refractivity contribution < 1.29 is 8.78 Å². The minimum Gasteiger partial charge on any atom is -0.207 e. The normalized spacial score (nSPS) is 11.0. The third-order valence-corrected chi connectivity index (χ3v) is 2.51. The topological polar surface area (TPSA) is 0 Å². The van der Waals surface area contributed by atoms with E-state index in [2.05, 4.69) is 0 Å². The molecule has 0 radical (unpaired) electrons. The van der Waals surface area contributed by atoms with Crippen molar-refractivity contribution in [1.82, 2.24) is 0 Å². The van der Waals surface area contributed by atoms with E-state index < -0.39 is 0 Å². The van der Waals surface area contributed by atoms with Gasteiger partial charge in [0.05, 0.1) is 0 Å². The lowest BCUT2D eigenvalue weighted by molar-refractivity contribution is 0.618. The monoisotopic (exact) mass is 230 g/mol. The first-order chi connectivity index (χ1) is 8.15. The highest BCUT2D eigenvalue weighted by atomic mass is 19.1. The molecule has 0 saturated heterocycles. The zero-order valence-electron chi connectivity index (χ0n) is 9.45. The summed E-state index contributed by atoms with van der Waals surface area (Å²) in [6, 6.07) is 11.3. The average Bonchev–Trinajstić information content (AvgIpc) is 2.31. The van der Waals surface area contributed by atoms with Crippen LogP contribution in [0.15, 0.2) is 42.5 Å². The third kappa shape index (κ3) is 3.00. The van der Waals surface area contributed by atoms with Crippen LogP contribution in [0.1, 0.15) is 16.7 Å². The molecule has 0 saturated carbocycles. The fraction of sp³-hybridized carbons (Fsp3) is 0.0667. The average molecular weight is 230 g/mol. The molecule has 0 unspecified atom stereocenters. The molecule has 0 aliphatic carbocycles. The Bertz CT molecular complexity index is 557. The largest absolute Gasteiger partial charge is 0.207 e. The Balaban J connectivity index is 2.23. The zero-order valence-corrected chi connectivity index (χ0v) is 9.45. The quantitative estimate of drug-likeness (QED) is 0.669. The van der Waals surface area contributed by atoms with Crippen LogP contribution >= 0.6 is 0 Å². The second-order valence-electron chi connectivity index (χ2n) is 3.90. The van der Waals surface area contributed by atoms with Gasteiger partial charge in [-0.05, 0) is 41.8 Å². The van der Waals surface area contributed by atoms with Crippen molar-refractivity contribution in [3.63, 3.8) is 0 Å². The minimum atomic E-state index is -0.276. The molecule has 0 aliphatic heterocycles. The lowest BCUT2D eigenvalue weighted by Gasteiger charge is -1.98. The summed E-state index contributed by atoms with van der Waals surface area (Å²) in [7, 11) is 0. The van der Waals surface area contributed by atoms with Gasteiger partial charge in [0.15, 0.2) is 0 Å². The standard InChI is InChI=1S/C15H12F2/c1-11-5-6-13(10-15(11)17)8-7-12-3-2-4-14(16)9-12/h2-10H,1H3/b8-7+. The molecule has 86 valence electrons. The lowest BCUT2D eigenvalue weighted by Crippen LogP contribution is -1.82. The number of hydrogen-bond acceptors (Lipinski definition) is 0. The molecule has 0 N–H and O–H groups in total. The van der Waals surface area contributed by atoms with E-state index in [1.54, 1.807) is 37.3 Å². The molecule has 0 nitrogen and oxygen atoms in total. The summed E-state index contributed by atoms with van der Waals surface area (Å²) in [6.45, 7) is 1.72. The van der Waals surface area contributed by atoms with Crippen molar-refractivity contribution in [2.24, 2.45) is 0 Å². The third-order valence-electron chi connectivity index (χ3n) is 2.51. The molecule has 0 amide bonds. The van der Waals surface area contributed by atoms with Crippen molar-refractivity contribution >= 4 is 12.2 Å². The van der Waals surface area contributed by atoms with Crippen LogP contribution in [0, 0.1) is 18.6 Å². The molecule has 0 aliphatic rings. The molecule has 2 heteroatoms. The maximum absolute atomic E-state index is 13.3. The van der Waals surface area contributed by atoms with Gasteiger partial charge in [-0.25, -0.2) is 8.78 Å². The molecular formula is C15H12F2. The molecule has 0 bridgehead atoms. The first kappa shape index (κ1) is 11.5. The van der Waals surface area contributed by atoms with Gasteiger partial charge < -0.3 is 0 Å². The fourth-order valence-corrected chi connectivity index (χ4v) is 1.52. The first-order valence-corrected chi connectivity index (χ1v) is 5.35. The Labute approximate surface area is 99.2 Å². The maximum atomic E-state index is 13.3. The van der Waals surface area contributed by atoms with Crippen molar-refractivity contribution in [2.45, 2.75) is 6.92 Å². The summed E-state index contributed by atoms with van der Waals surface area (Å²) in [5.41, 5.74) is 2.14. The van der Waals surface area contributed by atoms with Crippen LogP contribution in [0.3, 0.4) is 0 Å². The Kier molecular flexibility index (Phi) is 3.33. The number of hydrogen-bond donors (Lipinski definition) is 0. The summed E-state index contributed by atoms with van der Waals surface area (Å²) in [6.07, 6.45) is 3.52. The summed E-state index contributed by atoms with van der Waals surface area (Å²) in [4.78, 5) is 0. The lowest BCUT2D eigenvalue weighted by atomic mass is 10.1. The molecule has 0 atom stereocenters. The van der Waals surface area contributed by atoms with Crippen molar-refractivity contribution in [2.75, 3.05) is 0 Å². The molecule has 2 aromatic rings. The van der Waals surface area contributed by atoms with Gasteiger partial charge in [0.2, 0.25) is 0 Å². The summed E-state index contributed by atoms with van der Waals surface area (Å²) in [5.74, 6) is -0.506. The van der Waals surface area contributed by atoms with E-state index in [1.807, 2.05) is 6.07 Å². The molecule has 0 fully saturated rings. The van der Waals surface area contributed by atoms with E-state index in [4.69, 9.17) is 0 Å². The van der Waals surface area contributed by atoms with Crippen molar-refractivity contribution in [1.29, 1.82) is 0 Å². The van der Waals surface area contributed by atoms with Gasteiger partial charge in [-0.15, -0.1) is 0 Å². The van der Waals surface area contributed by atoms with Crippen molar-refractivity contribution in [3.05, 3.63) is 70.8 Å². The van der Waals surface area contributed by atoms with Gasteiger partial charge in [-0.2, -0.15) is 0 Å². The molecule has 0 spiro atoms. The Morgan fingerprint density at radius 2 is 1.59 bits per heavy atom. The van der Waals surface area contributed by atoms with Gasteiger partial charge in [0.25, 0.3) is 0 Å². The summed E-state index contributed by atoms with van der Waals surface area (Å²) >= 11 is 0. The van der Waals surface area contributed by atoms with E-state index in [1.165, 1.54) is 18.2 Å². The minimum absolute atomic E-state index is 0.230. The second-order valence-corrected chi connectivity index (χ2v) is 3.90. The smallest absolute Gasteiger partial charge is 0.126 e. The number of halogens is 2. The van der Waals surface area contributed by atoms with Crippen LogP contribution in [0.25, 0.3) is 12.2 Å². The Morgan fingerprint density at radius 3 is 2.24 bits per heavy atom. The van der Waals surface area contributed by atoms with Crippen LogP contribution in [0.5, 0.6) is 0 Å². The summed E-state index contributed by atoms with van der Waals surface area (Å²) in [5, 5.41) is 0. The van der Waals surface area contributed by atoms with Crippen LogP contribution in [-0.2, 0) is 0 Å². The predicted molar refractivity (Wildman–Crippen MR) is 66.5 cm³/mol. The van der Waals surface area contributed by atoms with E-state index >= 15 is 0 Å². The molecule has 2 aromatic carbocycles. The van der Waals surface area contributed by atoms with Gasteiger partial charge in [0.1, 0.15) is 11.6 Å². The maximum Gasteiger partial charge on any atom is 0.126 e.